The maximum Gasteiger partial charge on any atom is 0.407 e. The van der Waals surface area contributed by atoms with Crippen molar-refractivity contribution in [2.45, 2.75) is 45.6 Å². The third kappa shape index (κ3) is 4.28. The first kappa shape index (κ1) is 15.6. The summed E-state index contributed by atoms with van der Waals surface area (Å²) in [4.78, 5) is 11.7. The highest BCUT2D eigenvalue weighted by Crippen LogP contribution is 2.26. The molecule has 0 aliphatic carbocycles. The number of nitrogens with two attached hydrogens (primary N) is 1. The normalized spacial score (nSPS) is 14.8. The third-order valence-corrected chi connectivity index (χ3v) is 2.88. The van der Waals surface area contributed by atoms with Crippen LogP contribution in [0.4, 0.5) is 4.79 Å². The number of rotatable bonds is 4. The topological polar surface area (TPSA) is 77.5 Å². The molecule has 1 aromatic heterocycles. The number of hydrogen-bond acceptors (Lipinski definition) is 4. The van der Waals surface area contributed by atoms with Gasteiger partial charge in [0, 0.05) is 13.1 Å². The number of carbonyl (C=O) groups excluding carboxylic acids is 1. The number of ether oxygens (including phenoxy) is 1. The quantitative estimate of drug-likeness (QED) is 0.878. The number of amides is 1. The number of hydrogen-bond donors (Lipinski definition) is 2. The summed E-state index contributed by atoms with van der Waals surface area (Å²) in [6, 6.07) is 1.89. The van der Waals surface area contributed by atoms with Crippen LogP contribution in [0, 0.1) is 6.92 Å². The number of aryl methyl sites for hydroxylation is 1. The molecule has 1 rings (SSSR count). The lowest BCUT2D eigenvalue weighted by Gasteiger charge is -2.28. The molecule has 0 aromatic carbocycles. The Morgan fingerprint density at radius 1 is 1.42 bits per heavy atom. The van der Waals surface area contributed by atoms with Gasteiger partial charge in [0.2, 0.25) is 0 Å². The maximum absolute atomic E-state index is 11.7. The molecule has 0 spiro atoms. The highest BCUT2D eigenvalue weighted by Gasteiger charge is 2.31. The number of alkyl carbamates (subject to hydrolysis) is 1. The summed E-state index contributed by atoms with van der Waals surface area (Å²) in [5.74, 6) is 0.797. The lowest BCUT2D eigenvalue weighted by molar-refractivity contribution is 0.0514. The largest absolute Gasteiger partial charge is 0.468 e. The average Bonchev–Trinajstić information content (AvgIpc) is 2.71. The van der Waals surface area contributed by atoms with Gasteiger partial charge in [-0.1, -0.05) is 0 Å². The van der Waals surface area contributed by atoms with Gasteiger partial charge in [-0.05, 0) is 46.2 Å². The second kappa shape index (κ2) is 5.65. The van der Waals surface area contributed by atoms with Crippen molar-refractivity contribution < 1.29 is 13.9 Å². The molecular weight excluding hydrogens is 244 g/mol. The van der Waals surface area contributed by atoms with Gasteiger partial charge in [-0.2, -0.15) is 0 Å². The van der Waals surface area contributed by atoms with Crippen molar-refractivity contribution in [2.75, 3.05) is 13.1 Å². The molecule has 1 amide bonds. The molecule has 1 unspecified atom stereocenters. The molecule has 1 atom stereocenters. The molecule has 0 saturated carbocycles. The Labute approximate surface area is 114 Å². The molecule has 3 N–H and O–H groups in total. The van der Waals surface area contributed by atoms with E-state index in [2.05, 4.69) is 5.32 Å². The molecule has 1 aromatic rings. The Morgan fingerprint density at radius 3 is 2.47 bits per heavy atom. The highest BCUT2D eigenvalue weighted by molar-refractivity contribution is 5.67. The van der Waals surface area contributed by atoms with Crippen LogP contribution < -0.4 is 11.1 Å². The van der Waals surface area contributed by atoms with Crippen molar-refractivity contribution in [3.05, 3.63) is 23.7 Å². The molecule has 0 aliphatic heterocycles. The highest BCUT2D eigenvalue weighted by atomic mass is 16.6. The van der Waals surface area contributed by atoms with E-state index in [4.69, 9.17) is 14.9 Å². The minimum absolute atomic E-state index is 0.368. The Morgan fingerprint density at radius 2 is 2.05 bits per heavy atom. The van der Waals surface area contributed by atoms with Crippen LogP contribution in [0.2, 0.25) is 0 Å². The van der Waals surface area contributed by atoms with E-state index in [0.717, 1.165) is 11.3 Å². The van der Waals surface area contributed by atoms with Gasteiger partial charge in [0.15, 0.2) is 0 Å². The molecule has 0 saturated heterocycles. The van der Waals surface area contributed by atoms with Crippen molar-refractivity contribution in [2.24, 2.45) is 5.73 Å². The zero-order valence-electron chi connectivity index (χ0n) is 12.4. The SMILES string of the molecule is Cc1ccoc1C(C)(CN)CNC(=O)OC(C)(C)C. The predicted octanol–water partition coefficient (Wildman–Crippen LogP) is 2.33. The van der Waals surface area contributed by atoms with Gasteiger partial charge < -0.3 is 20.2 Å². The molecule has 0 bridgehead atoms. The second-order valence-corrected chi connectivity index (χ2v) is 6.05. The van der Waals surface area contributed by atoms with Crippen molar-refractivity contribution >= 4 is 6.09 Å². The standard InChI is InChI=1S/C14H24N2O3/c1-10-6-7-18-11(10)14(5,8-15)9-16-12(17)19-13(2,3)4/h6-7H,8-9,15H2,1-5H3,(H,16,17). The summed E-state index contributed by atoms with van der Waals surface area (Å²) < 4.78 is 10.7. The van der Waals surface area contributed by atoms with Crippen LogP contribution in [0.3, 0.4) is 0 Å². The fourth-order valence-corrected chi connectivity index (χ4v) is 1.82. The van der Waals surface area contributed by atoms with Crippen molar-refractivity contribution in [1.29, 1.82) is 0 Å². The summed E-state index contributed by atoms with van der Waals surface area (Å²) in [5, 5.41) is 2.75. The fourth-order valence-electron chi connectivity index (χ4n) is 1.82. The van der Waals surface area contributed by atoms with Gasteiger partial charge in [-0.25, -0.2) is 4.79 Å². The first-order valence-corrected chi connectivity index (χ1v) is 6.39. The zero-order chi connectivity index (χ0) is 14.7. The smallest absolute Gasteiger partial charge is 0.407 e. The van der Waals surface area contributed by atoms with E-state index >= 15 is 0 Å². The summed E-state index contributed by atoms with van der Waals surface area (Å²) in [7, 11) is 0. The summed E-state index contributed by atoms with van der Waals surface area (Å²) >= 11 is 0. The maximum atomic E-state index is 11.7. The lowest BCUT2D eigenvalue weighted by Crippen LogP contribution is -2.45. The van der Waals surface area contributed by atoms with Gasteiger partial charge >= 0.3 is 6.09 Å². The molecule has 5 heteroatoms. The van der Waals surface area contributed by atoms with Crippen molar-refractivity contribution in [1.82, 2.24) is 5.32 Å². The predicted molar refractivity (Wildman–Crippen MR) is 74.1 cm³/mol. The molecular formula is C14H24N2O3. The molecule has 5 nitrogen and oxygen atoms in total. The Bertz CT molecular complexity index is 434. The van der Waals surface area contributed by atoms with E-state index in [1.807, 2.05) is 40.7 Å². The molecule has 0 radical (unpaired) electrons. The number of nitrogens with one attached hydrogen (secondary N) is 1. The van der Waals surface area contributed by atoms with E-state index < -0.39 is 17.1 Å². The monoisotopic (exact) mass is 268 g/mol. The number of carbonyl (C=O) groups is 1. The average molecular weight is 268 g/mol. The van der Waals surface area contributed by atoms with Crippen LogP contribution in [0.5, 0.6) is 0 Å². The Balaban J connectivity index is 2.68. The van der Waals surface area contributed by atoms with Gasteiger partial charge in [0.25, 0.3) is 0 Å². The van der Waals surface area contributed by atoms with Crippen LogP contribution >= 0.6 is 0 Å². The molecule has 1 heterocycles. The van der Waals surface area contributed by atoms with E-state index in [-0.39, 0.29) is 0 Å². The van der Waals surface area contributed by atoms with E-state index in [0.29, 0.717) is 13.1 Å². The van der Waals surface area contributed by atoms with E-state index in [1.165, 1.54) is 0 Å². The van der Waals surface area contributed by atoms with Crippen LogP contribution in [-0.4, -0.2) is 24.8 Å². The Hall–Kier alpha value is -1.49. The van der Waals surface area contributed by atoms with Crippen molar-refractivity contribution in [3.8, 4) is 0 Å². The third-order valence-electron chi connectivity index (χ3n) is 2.88. The van der Waals surface area contributed by atoms with Crippen LogP contribution in [0.1, 0.15) is 39.0 Å². The van der Waals surface area contributed by atoms with Gasteiger partial charge in [0.1, 0.15) is 11.4 Å². The van der Waals surface area contributed by atoms with Gasteiger partial charge in [0.05, 0.1) is 11.7 Å². The van der Waals surface area contributed by atoms with Gasteiger partial charge in [-0.3, -0.25) is 0 Å². The molecule has 0 fully saturated rings. The fraction of sp³-hybridized carbons (Fsp3) is 0.643. The van der Waals surface area contributed by atoms with E-state index in [1.54, 1.807) is 6.26 Å². The minimum atomic E-state index is -0.510. The second-order valence-electron chi connectivity index (χ2n) is 6.05. The molecule has 19 heavy (non-hydrogen) atoms. The first-order valence-electron chi connectivity index (χ1n) is 6.39. The van der Waals surface area contributed by atoms with E-state index in [9.17, 15) is 4.79 Å². The summed E-state index contributed by atoms with van der Waals surface area (Å²) in [5.41, 5.74) is 5.91. The first-order chi connectivity index (χ1) is 8.68. The summed E-state index contributed by atoms with van der Waals surface area (Å²) in [6.07, 6.45) is 1.18. The van der Waals surface area contributed by atoms with Crippen LogP contribution in [0.15, 0.2) is 16.7 Å². The van der Waals surface area contributed by atoms with Crippen molar-refractivity contribution in [3.63, 3.8) is 0 Å². The number of furan rings is 1. The molecule has 0 aliphatic rings. The lowest BCUT2D eigenvalue weighted by atomic mass is 9.86. The summed E-state index contributed by atoms with van der Waals surface area (Å²) in [6.45, 7) is 10.1. The van der Waals surface area contributed by atoms with Crippen LogP contribution in [0.25, 0.3) is 0 Å². The van der Waals surface area contributed by atoms with Gasteiger partial charge in [-0.15, -0.1) is 0 Å². The van der Waals surface area contributed by atoms with Crippen LogP contribution in [-0.2, 0) is 10.2 Å². The zero-order valence-corrected chi connectivity index (χ0v) is 12.4. The molecule has 108 valence electrons. The Kier molecular flexibility index (Phi) is 4.63. The minimum Gasteiger partial charge on any atom is -0.468 e.